The van der Waals surface area contributed by atoms with Crippen molar-refractivity contribution in [3.63, 3.8) is 0 Å². The lowest BCUT2D eigenvalue weighted by Crippen LogP contribution is -2.20. The Kier molecular flexibility index (Phi) is 5.22. The van der Waals surface area contributed by atoms with Gasteiger partial charge >= 0.3 is 5.97 Å². The Hall–Kier alpha value is -1.49. The zero-order chi connectivity index (χ0) is 13.7. The molecule has 0 aliphatic rings. The van der Waals surface area contributed by atoms with Gasteiger partial charge in [-0.25, -0.2) is 4.79 Å². The minimum atomic E-state index is -0.454. The van der Waals surface area contributed by atoms with Gasteiger partial charge in [-0.1, -0.05) is 13.8 Å². The molecule has 1 rings (SSSR count). The molecule has 0 aliphatic heterocycles. The number of nitrogens with one attached hydrogen (secondary N) is 1. The van der Waals surface area contributed by atoms with E-state index in [1.807, 2.05) is 12.3 Å². The Bertz CT molecular complexity index is 458. The van der Waals surface area contributed by atoms with Crippen LogP contribution >= 0.6 is 11.8 Å². The Morgan fingerprint density at radius 3 is 2.50 bits per heavy atom. The summed E-state index contributed by atoms with van der Waals surface area (Å²) in [5.74, 6) is -0.724. The molecule has 0 saturated carbocycles. The molecule has 0 fully saturated rings. The molecule has 0 unspecified atom stereocenters. The first kappa shape index (κ1) is 14.6. The van der Waals surface area contributed by atoms with Gasteiger partial charge in [0.2, 0.25) is 5.91 Å². The van der Waals surface area contributed by atoms with E-state index < -0.39 is 5.97 Å². The van der Waals surface area contributed by atoms with Crippen molar-refractivity contribution in [1.82, 2.24) is 0 Å². The molecule has 18 heavy (non-hydrogen) atoms. The monoisotopic (exact) mass is 267 g/mol. The van der Waals surface area contributed by atoms with Crippen LogP contribution in [0.1, 0.15) is 24.2 Å². The zero-order valence-corrected chi connectivity index (χ0v) is 11.8. The van der Waals surface area contributed by atoms with Gasteiger partial charge in [0, 0.05) is 10.8 Å². The average molecular weight is 267 g/mol. The lowest BCUT2D eigenvalue weighted by atomic mass is 10.1. The quantitative estimate of drug-likeness (QED) is 0.673. The first-order valence-electron chi connectivity index (χ1n) is 5.56. The Labute approximate surface area is 111 Å². The Morgan fingerprint density at radius 2 is 2.00 bits per heavy atom. The minimum Gasteiger partial charge on any atom is -0.465 e. The van der Waals surface area contributed by atoms with Gasteiger partial charge < -0.3 is 10.1 Å². The second kappa shape index (κ2) is 6.44. The van der Waals surface area contributed by atoms with Crippen LogP contribution in [0.4, 0.5) is 5.69 Å². The molecule has 0 radical (unpaired) electrons. The summed E-state index contributed by atoms with van der Waals surface area (Å²) in [6.07, 6.45) is 1.92. The summed E-state index contributed by atoms with van der Waals surface area (Å²) in [5.41, 5.74) is 0.858. The number of methoxy groups -OCH3 is 1. The van der Waals surface area contributed by atoms with E-state index in [0.717, 1.165) is 4.90 Å². The number of rotatable bonds is 4. The second-order valence-corrected chi connectivity index (χ2v) is 4.93. The number of esters is 1. The number of ether oxygens (including phenoxy) is 1. The van der Waals surface area contributed by atoms with Crippen LogP contribution in [0.25, 0.3) is 0 Å². The molecule has 1 aromatic rings. The maximum Gasteiger partial charge on any atom is 0.340 e. The molecule has 1 aromatic carbocycles. The van der Waals surface area contributed by atoms with Gasteiger partial charge in [0.15, 0.2) is 0 Å². The SMILES string of the molecule is COC(=O)c1cc(SC)ccc1NC(=O)C(C)C. The van der Waals surface area contributed by atoms with Crippen LogP contribution in [0.5, 0.6) is 0 Å². The summed E-state index contributed by atoms with van der Waals surface area (Å²) >= 11 is 1.52. The van der Waals surface area contributed by atoms with Crippen molar-refractivity contribution in [2.75, 3.05) is 18.7 Å². The van der Waals surface area contributed by atoms with Crippen molar-refractivity contribution >= 4 is 29.3 Å². The van der Waals surface area contributed by atoms with Crippen LogP contribution in [-0.4, -0.2) is 25.2 Å². The highest BCUT2D eigenvalue weighted by Gasteiger charge is 2.16. The zero-order valence-electron chi connectivity index (χ0n) is 10.9. The summed E-state index contributed by atoms with van der Waals surface area (Å²) < 4.78 is 4.72. The summed E-state index contributed by atoms with van der Waals surface area (Å²) in [4.78, 5) is 24.3. The average Bonchev–Trinajstić information content (AvgIpc) is 2.38. The van der Waals surface area contributed by atoms with Gasteiger partial charge in [-0.3, -0.25) is 4.79 Å². The molecule has 0 bridgehead atoms. The highest BCUT2D eigenvalue weighted by atomic mass is 32.2. The van der Waals surface area contributed by atoms with E-state index in [1.165, 1.54) is 18.9 Å². The van der Waals surface area contributed by atoms with Crippen molar-refractivity contribution in [3.05, 3.63) is 23.8 Å². The molecule has 4 nitrogen and oxygen atoms in total. The standard InChI is InChI=1S/C13H17NO3S/c1-8(2)12(15)14-11-6-5-9(18-4)7-10(11)13(16)17-3/h5-8H,1-4H3,(H,14,15). The van der Waals surface area contributed by atoms with E-state index in [0.29, 0.717) is 11.3 Å². The maximum absolute atomic E-state index is 11.7. The summed E-state index contributed by atoms with van der Waals surface area (Å²) in [5, 5.41) is 2.73. The number of hydrogen-bond acceptors (Lipinski definition) is 4. The third-order valence-electron chi connectivity index (χ3n) is 2.41. The number of hydrogen-bond donors (Lipinski definition) is 1. The van der Waals surface area contributed by atoms with Crippen molar-refractivity contribution in [3.8, 4) is 0 Å². The van der Waals surface area contributed by atoms with Gasteiger partial charge in [0.1, 0.15) is 0 Å². The normalized spacial score (nSPS) is 10.3. The molecular formula is C13H17NO3S. The fourth-order valence-corrected chi connectivity index (χ4v) is 1.76. The molecule has 0 heterocycles. The molecule has 98 valence electrons. The summed E-state index contributed by atoms with van der Waals surface area (Å²) in [6.45, 7) is 3.59. The van der Waals surface area contributed by atoms with Crippen molar-refractivity contribution in [1.29, 1.82) is 0 Å². The fourth-order valence-electron chi connectivity index (χ4n) is 1.32. The van der Waals surface area contributed by atoms with Crippen LogP contribution < -0.4 is 5.32 Å². The number of amides is 1. The number of carbonyl (C=O) groups is 2. The Morgan fingerprint density at radius 1 is 1.33 bits per heavy atom. The van der Waals surface area contributed by atoms with E-state index in [-0.39, 0.29) is 11.8 Å². The first-order chi connectivity index (χ1) is 8.49. The summed E-state index contributed by atoms with van der Waals surface area (Å²) in [6, 6.07) is 5.29. The van der Waals surface area contributed by atoms with Crippen molar-refractivity contribution in [2.45, 2.75) is 18.7 Å². The lowest BCUT2D eigenvalue weighted by molar-refractivity contribution is -0.118. The predicted octanol–water partition coefficient (Wildman–Crippen LogP) is 2.79. The van der Waals surface area contributed by atoms with Crippen LogP contribution in [0.2, 0.25) is 0 Å². The van der Waals surface area contributed by atoms with Crippen LogP contribution in [0.3, 0.4) is 0 Å². The van der Waals surface area contributed by atoms with Gasteiger partial charge in [0.25, 0.3) is 0 Å². The van der Waals surface area contributed by atoms with Crippen molar-refractivity contribution in [2.24, 2.45) is 5.92 Å². The van der Waals surface area contributed by atoms with Gasteiger partial charge in [-0.15, -0.1) is 11.8 Å². The van der Waals surface area contributed by atoms with E-state index in [4.69, 9.17) is 4.74 Å². The molecule has 0 aliphatic carbocycles. The third-order valence-corrected chi connectivity index (χ3v) is 3.14. The van der Waals surface area contributed by atoms with Crippen molar-refractivity contribution < 1.29 is 14.3 Å². The molecule has 0 aromatic heterocycles. The molecule has 1 N–H and O–H groups in total. The van der Waals surface area contributed by atoms with Gasteiger partial charge in [0.05, 0.1) is 18.4 Å². The number of carbonyl (C=O) groups excluding carboxylic acids is 2. The third kappa shape index (κ3) is 3.50. The maximum atomic E-state index is 11.7. The highest BCUT2D eigenvalue weighted by molar-refractivity contribution is 7.98. The second-order valence-electron chi connectivity index (χ2n) is 4.05. The number of benzene rings is 1. The molecule has 5 heteroatoms. The number of thioether (sulfide) groups is 1. The molecule has 0 spiro atoms. The highest BCUT2D eigenvalue weighted by Crippen LogP contribution is 2.24. The minimum absolute atomic E-state index is 0.128. The summed E-state index contributed by atoms with van der Waals surface area (Å²) in [7, 11) is 1.32. The van der Waals surface area contributed by atoms with E-state index in [2.05, 4.69) is 5.32 Å². The van der Waals surface area contributed by atoms with Gasteiger partial charge in [-0.2, -0.15) is 0 Å². The fraction of sp³-hybridized carbons (Fsp3) is 0.385. The van der Waals surface area contributed by atoms with E-state index in [9.17, 15) is 9.59 Å². The molecule has 0 saturated heterocycles. The number of anilines is 1. The Balaban J connectivity index is 3.10. The van der Waals surface area contributed by atoms with Gasteiger partial charge in [-0.05, 0) is 24.5 Å². The van der Waals surface area contributed by atoms with Crippen LogP contribution in [0, 0.1) is 5.92 Å². The lowest BCUT2D eigenvalue weighted by Gasteiger charge is -2.12. The van der Waals surface area contributed by atoms with E-state index in [1.54, 1.807) is 26.0 Å². The molecule has 0 atom stereocenters. The molecular weight excluding hydrogens is 250 g/mol. The topological polar surface area (TPSA) is 55.4 Å². The van der Waals surface area contributed by atoms with Crippen LogP contribution in [-0.2, 0) is 9.53 Å². The smallest absolute Gasteiger partial charge is 0.340 e. The first-order valence-corrected chi connectivity index (χ1v) is 6.79. The predicted molar refractivity (Wildman–Crippen MR) is 73.0 cm³/mol. The largest absolute Gasteiger partial charge is 0.465 e. The van der Waals surface area contributed by atoms with E-state index >= 15 is 0 Å². The molecule has 1 amide bonds. The van der Waals surface area contributed by atoms with Crippen LogP contribution in [0.15, 0.2) is 23.1 Å².